The molecule has 1 aliphatic rings. The van der Waals surface area contributed by atoms with Gasteiger partial charge in [0.05, 0.1) is 14.8 Å². The zero-order chi connectivity index (χ0) is 13.0. The van der Waals surface area contributed by atoms with Gasteiger partial charge in [-0.1, -0.05) is 0 Å². The molecular weight excluding hydrogens is 332 g/mol. The summed E-state index contributed by atoms with van der Waals surface area (Å²) in [5.41, 5.74) is 5.80. The molecule has 3 nitrogen and oxygen atoms in total. The van der Waals surface area contributed by atoms with Crippen LogP contribution >= 0.6 is 39.0 Å². The lowest BCUT2D eigenvalue weighted by atomic mass is 10.3. The summed E-state index contributed by atoms with van der Waals surface area (Å²) >= 11 is 6.81. The molecule has 1 unspecified atom stereocenters. The molecule has 0 bridgehead atoms. The van der Waals surface area contributed by atoms with Crippen LogP contribution in [0.3, 0.4) is 0 Å². The monoisotopic (exact) mass is 348 g/mol. The lowest BCUT2D eigenvalue weighted by Gasteiger charge is -2.17. The maximum absolute atomic E-state index is 12.0. The Balaban J connectivity index is 1.85. The van der Waals surface area contributed by atoms with Gasteiger partial charge in [-0.2, -0.15) is 0 Å². The smallest absolute Gasteiger partial charge is 0.232 e. The second-order valence-electron chi connectivity index (χ2n) is 4.27. The highest BCUT2D eigenvalue weighted by Gasteiger charge is 2.20. The van der Waals surface area contributed by atoms with Crippen molar-refractivity contribution in [1.29, 1.82) is 0 Å². The van der Waals surface area contributed by atoms with Crippen LogP contribution in [0.2, 0.25) is 0 Å². The third-order valence-electron chi connectivity index (χ3n) is 2.99. The van der Waals surface area contributed by atoms with Gasteiger partial charge in [-0.15, -0.1) is 23.1 Å². The fourth-order valence-electron chi connectivity index (χ4n) is 2.00. The summed E-state index contributed by atoms with van der Waals surface area (Å²) in [6.07, 6.45) is 2.29. The van der Waals surface area contributed by atoms with Gasteiger partial charge in [0.2, 0.25) is 5.91 Å². The molecule has 100 valence electrons. The zero-order valence-electron chi connectivity index (χ0n) is 10.1. The minimum Gasteiger partial charge on any atom is -0.342 e. The fraction of sp³-hybridized carbons (Fsp3) is 0.583. The van der Waals surface area contributed by atoms with Gasteiger partial charge in [-0.3, -0.25) is 4.79 Å². The van der Waals surface area contributed by atoms with Crippen LogP contribution in [-0.2, 0) is 4.79 Å². The van der Waals surface area contributed by atoms with Crippen molar-refractivity contribution in [2.24, 2.45) is 5.73 Å². The Morgan fingerprint density at radius 1 is 1.50 bits per heavy atom. The van der Waals surface area contributed by atoms with Crippen LogP contribution in [0.1, 0.15) is 23.0 Å². The van der Waals surface area contributed by atoms with E-state index in [1.807, 2.05) is 11.0 Å². The Hall–Kier alpha value is -0.0400. The van der Waals surface area contributed by atoms with E-state index in [9.17, 15) is 4.79 Å². The molecule has 1 atom stereocenters. The van der Waals surface area contributed by atoms with Gasteiger partial charge in [0.1, 0.15) is 0 Å². The molecule has 1 aliphatic heterocycles. The van der Waals surface area contributed by atoms with Crippen LogP contribution < -0.4 is 5.73 Å². The van der Waals surface area contributed by atoms with Crippen LogP contribution in [0.4, 0.5) is 0 Å². The van der Waals surface area contributed by atoms with Gasteiger partial charge in [0.15, 0.2) is 0 Å². The van der Waals surface area contributed by atoms with E-state index in [0.29, 0.717) is 12.3 Å². The number of carbonyl (C=O) groups excluding carboxylic acids is 1. The number of nitrogens with two attached hydrogens (primary N) is 1. The Bertz CT molecular complexity index is 405. The number of halogens is 1. The van der Waals surface area contributed by atoms with Gasteiger partial charge in [0.25, 0.3) is 0 Å². The molecule has 0 aliphatic carbocycles. The summed E-state index contributed by atoms with van der Waals surface area (Å²) < 4.78 is 1.11. The number of thiophene rings is 1. The van der Waals surface area contributed by atoms with Crippen molar-refractivity contribution >= 4 is 44.9 Å². The maximum atomic E-state index is 12.0. The van der Waals surface area contributed by atoms with E-state index < -0.39 is 0 Å². The number of amides is 1. The van der Waals surface area contributed by atoms with E-state index in [4.69, 9.17) is 5.73 Å². The highest BCUT2D eigenvalue weighted by atomic mass is 79.9. The third kappa shape index (κ3) is 3.73. The normalized spacial score (nSPS) is 17.1. The van der Waals surface area contributed by atoms with Crippen molar-refractivity contribution in [3.05, 3.63) is 20.8 Å². The van der Waals surface area contributed by atoms with Crippen molar-refractivity contribution in [2.45, 2.75) is 18.1 Å². The van der Waals surface area contributed by atoms with Gasteiger partial charge in [-0.25, -0.2) is 0 Å². The summed E-state index contributed by atoms with van der Waals surface area (Å²) in [6, 6.07) is 4.12. The average molecular weight is 349 g/mol. The molecule has 1 saturated heterocycles. The standard InChI is InChI=1S/C12H17BrN2OS2/c13-11-4-3-9(18-11)10(7-14)17-8-12(16)15-5-1-2-6-15/h3-4,10H,1-2,5-8,14H2. The molecule has 2 heterocycles. The predicted molar refractivity (Wildman–Crippen MR) is 82.1 cm³/mol. The molecule has 2 rings (SSSR count). The molecule has 0 saturated carbocycles. The summed E-state index contributed by atoms with van der Waals surface area (Å²) in [4.78, 5) is 15.2. The quantitative estimate of drug-likeness (QED) is 0.889. The molecule has 1 aromatic rings. The van der Waals surface area contributed by atoms with Crippen LogP contribution in [0.15, 0.2) is 15.9 Å². The average Bonchev–Trinajstić information content (AvgIpc) is 3.01. The Labute approximate surface area is 124 Å². The molecule has 1 aromatic heterocycles. The molecule has 0 radical (unpaired) electrons. The highest BCUT2D eigenvalue weighted by molar-refractivity contribution is 9.11. The second kappa shape index (κ2) is 6.93. The number of nitrogens with zero attached hydrogens (tertiary/aromatic N) is 1. The van der Waals surface area contributed by atoms with Crippen LogP contribution in [0.25, 0.3) is 0 Å². The first-order valence-electron chi connectivity index (χ1n) is 6.05. The van der Waals surface area contributed by atoms with Gasteiger partial charge in [-0.05, 0) is 40.9 Å². The number of rotatable bonds is 5. The number of likely N-dealkylation sites (tertiary alicyclic amines) is 1. The predicted octanol–water partition coefficient (Wildman–Crippen LogP) is 2.87. The summed E-state index contributed by atoms with van der Waals surface area (Å²) in [6.45, 7) is 2.43. The van der Waals surface area contributed by atoms with Crippen molar-refractivity contribution in [3.63, 3.8) is 0 Å². The van der Waals surface area contributed by atoms with E-state index in [1.165, 1.54) is 4.88 Å². The topological polar surface area (TPSA) is 46.3 Å². The Kier molecular flexibility index (Phi) is 5.54. The van der Waals surface area contributed by atoms with Crippen molar-refractivity contribution in [2.75, 3.05) is 25.4 Å². The van der Waals surface area contributed by atoms with Crippen molar-refractivity contribution in [1.82, 2.24) is 4.90 Å². The van der Waals surface area contributed by atoms with Gasteiger partial charge >= 0.3 is 0 Å². The van der Waals surface area contributed by atoms with Crippen LogP contribution in [0.5, 0.6) is 0 Å². The molecule has 2 N–H and O–H groups in total. The SMILES string of the molecule is NCC(SCC(=O)N1CCCC1)c1ccc(Br)s1. The lowest BCUT2D eigenvalue weighted by Crippen LogP contribution is -2.29. The minimum atomic E-state index is 0.229. The van der Waals surface area contributed by atoms with E-state index in [0.717, 1.165) is 29.7 Å². The summed E-state index contributed by atoms with van der Waals surface area (Å²) in [5, 5.41) is 0.229. The van der Waals surface area contributed by atoms with E-state index >= 15 is 0 Å². The number of hydrogen-bond donors (Lipinski definition) is 1. The lowest BCUT2D eigenvalue weighted by molar-refractivity contribution is -0.127. The fourth-order valence-corrected chi connectivity index (χ4v) is 4.67. The van der Waals surface area contributed by atoms with E-state index in [1.54, 1.807) is 23.1 Å². The Morgan fingerprint density at radius 2 is 2.22 bits per heavy atom. The second-order valence-corrected chi connectivity index (χ2v) is 7.95. The first kappa shape index (κ1) is 14.4. The molecule has 0 aromatic carbocycles. The number of hydrogen-bond acceptors (Lipinski definition) is 4. The Morgan fingerprint density at radius 3 is 2.78 bits per heavy atom. The van der Waals surface area contributed by atoms with E-state index in [-0.39, 0.29) is 11.2 Å². The van der Waals surface area contributed by atoms with Crippen LogP contribution in [-0.4, -0.2) is 36.2 Å². The third-order valence-corrected chi connectivity index (χ3v) is 6.14. The summed E-state index contributed by atoms with van der Waals surface area (Å²) in [7, 11) is 0. The first-order valence-corrected chi connectivity index (χ1v) is 8.71. The molecule has 0 spiro atoms. The number of thioether (sulfide) groups is 1. The molecule has 6 heteroatoms. The highest BCUT2D eigenvalue weighted by Crippen LogP contribution is 2.35. The number of carbonyl (C=O) groups is 1. The molecular formula is C12H17BrN2OS2. The first-order chi connectivity index (χ1) is 8.70. The molecule has 1 fully saturated rings. The molecule has 1 amide bonds. The maximum Gasteiger partial charge on any atom is 0.232 e. The van der Waals surface area contributed by atoms with Crippen molar-refractivity contribution in [3.8, 4) is 0 Å². The minimum absolute atomic E-state index is 0.229. The molecule has 18 heavy (non-hydrogen) atoms. The van der Waals surface area contributed by atoms with E-state index in [2.05, 4.69) is 22.0 Å². The largest absolute Gasteiger partial charge is 0.342 e. The van der Waals surface area contributed by atoms with Gasteiger partial charge in [0, 0.05) is 24.5 Å². The zero-order valence-corrected chi connectivity index (χ0v) is 13.3. The van der Waals surface area contributed by atoms with Gasteiger partial charge < -0.3 is 10.6 Å². The van der Waals surface area contributed by atoms with Crippen LogP contribution in [0, 0.1) is 0 Å². The van der Waals surface area contributed by atoms with Crippen molar-refractivity contribution < 1.29 is 4.79 Å². The summed E-state index contributed by atoms with van der Waals surface area (Å²) in [5.74, 6) is 0.795.